The molecule has 144 valence electrons. The average Bonchev–Trinajstić information content (AvgIpc) is 3.42. The molecule has 7 nitrogen and oxygen atoms in total. The first-order chi connectivity index (χ1) is 13.0. The number of aromatic nitrogens is 4. The van der Waals surface area contributed by atoms with E-state index in [1.807, 2.05) is 16.5 Å². The van der Waals surface area contributed by atoms with Crippen LogP contribution in [-0.4, -0.2) is 62.4 Å². The second-order valence-corrected chi connectivity index (χ2v) is 8.74. The van der Waals surface area contributed by atoms with Crippen LogP contribution in [0.3, 0.4) is 0 Å². The summed E-state index contributed by atoms with van der Waals surface area (Å²) in [4.78, 5) is 17.3. The molecule has 2 aliphatic rings. The number of hydrogen-bond donors (Lipinski definition) is 0. The van der Waals surface area contributed by atoms with E-state index in [0.717, 1.165) is 44.2 Å². The second-order valence-electron chi connectivity index (χ2n) is 7.43. The summed E-state index contributed by atoms with van der Waals surface area (Å²) in [5.41, 5.74) is 3.92. The number of thioether (sulfide) groups is 1. The Morgan fingerprint density at radius 1 is 1.19 bits per heavy atom. The highest BCUT2D eigenvalue weighted by Gasteiger charge is 2.31. The van der Waals surface area contributed by atoms with Gasteiger partial charge >= 0.3 is 0 Å². The van der Waals surface area contributed by atoms with Crippen LogP contribution in [0.1, 0.15) is 36.9 Å². The minimum atomic E-state index is -0.180. The Labute approximate surface area is 164 Å². The van der Waals surface area contributed by atoms with E-state index in [0.29, 0.717) is 6.04 Å². The normalized spacial score (nSPS) is 18.6. The van der Waals surface area contributed by atoms with E-state index in [1.54, 1.807) is 0 Å². The van der Waals surface area contributed by atoms with Crippen molar-refractivity contribution in [2.24, 2.45) is 0 Å². The number of aryl methyl sites for hydroxylation is 1. The Morgan fingerprint density at radius 3 is 2.63 bits per heavy atom. The van der Waals surface area contributed by atoms with Gasteiger partial charge in [-0.3, -0.25) is 4.79 Å². The van der Waals surface area contributed by atoms with E-state index < -0.39 is 0 Å². The van der Waals surface area contributed by atoms with Crippen molar-refractivity contribution in [1.29, 1.82) is 0 Å². The molecule has 1 saturated carbocycles. The zero-order valence-corrected chi connectivity index (χ0v) is 16.9. The van der Waals surface area contributed by atoms with Crippen molar-refractivity contribution in [3.8, 4) is 0 Å². The SMILES string of the molecule is Cc1cccc(N2CCN(C(=O)C(C)Sc3nnnn3C3CC3)CC2)c1C. The molecule has 1 aromatic heterocycles. The molecule has 0 spiro atoms. The molecule has 8 heteroatoms. The minimum Gasteiger partial charge on any atom is -0.368 e. The lowest BCUT2D eigenvalue weighted by Crippen LogP contribution is -2.50. The van der Waals surface area contributed by atoms with Crippen LogP contribution in [-0.2, 0) is 4.79 Å². The fourth-order valence-corrected chi connectivity index (χ4v) is 4.47. The van der Waals surface area contributed by atoms with Gasteiger partial charge < -0.3 is 9.80 Å². The minimum absolute atomic E-state index is 0.172. The number of nitrogens with zero attached hydrogens (tertiary/aromatic N) is 6. The van der Waals surface area contributed by atoms with Gasteiger partial charge in [-0.15, -0.1) is 5.10 Å². The van der Waals surface area contributed by atoms with Crippen LogP contribution in [0, 0.1) is 13.8 Å². The predicted molar refractivity (Wildman–Crippen MR) is 106 cm³/mol. The van der Waals surface area contributed by atoms with Gasteiger partial charge in [0.25, 0.3) is 0 Å². The third-order valence-electron chi connectivity index (χ3n) is 5.49. The summed E-state index contributed by atoms with van der Waals surface area (Å²) >= 11 is 1.47. The summed E-state index contributed by atoms with van der Waals surface area (Å²) in [5, 5.41) is 12.5. The van der Waals surface area contributed by atoms with Gasteiger partial charge in [0.1, 0.15) is 0 Å². The third kappa shape index (κ3) is 3.81. The van der Waals surface area contributed by atoms with E-state index in [1.165, 1.54) is 28.6 Å². The molecule has 1 aliphatic heterocycles. The van der Waals surface area contributed by atoms with Crippen LogP contribution < -0.4 is 4.90 Å². The molecule has 1 atom stereocenters. The van der Waals surface area contributed by atoms with E-state index in [-0.39, 0.29) is 11.2 Å². The number of anilines is 1. The number of benzene rings is 1. The lowest BCUT2D eigenvalue weighted by Gasteiger charge is -2.37. The maximum absolute atomic E-state index is 12.9. The van der Waals surface area contributed by atoms with Gasteiger partial charge in [-0.25, -0.2) is 4.68 Å². The van der Waals surface area contributed by atoms with Crippen molar-refractivity contribution in [2.75, 3.05) is 31.1 Å². The number of carbonyl (C=O) groups is 1. The monoisotopic (exact) mass is 386 g/mol. The molecule has 0 N–H and O–H groups in total. The van der Waals surface area contributed by atoms with E-state index in [9.17, 15) is 4.79 Å². The van der Waals surface area contributed by atoms with Crippen molar-refractivity contribution >= 4 is 23.4 Å². The van der Waals surface area contributed by atoms with Gasteiger partial charge in [0, 0.05) is 31.9 Å². The molecule has 2 heterocycles. The molecule has 1 aromatic carbocycles. The first-order valence-electron chi connectivity index (χ1n) is 9.59. The molecule has 4 rings (SSSR count). The number of amides is 1. The molecule has 27 heavy (non-hydrogen) atoms. The Balaban J connectivity index is 1.35. The number of piperazine rings is 1. The number of hydrogen-bond acceptors (Lipinski definition) is 6. The molecule has 1 amide bonds. The molecule has 0 radical (unpaired) electrons. The van der Waals surface area contributed by atoms with Gasteiger partial charge in [0.15, 0.2) is 0 Å². The van der Waals surface area contributed by atoms with Gasteiger partial charge in [-0.2, -0.15) is 0 Å². The van der Waals surface area contributed by atoms with Crippen molar-refractivity contribution in [2.45, 2.75) is 50.1 Å². The highest BCUT2D eigenvalue weighted by Crippen LogP contribution is 2.37. The summed E-state index contributed by atoms with van der Waals surface area (Å²) in [6.45, 7) is 9.52. The third-order valence-corrected chi connectivity index (χ3v) is 6.53. The van der Waals surface area contributed by atoms with Crippen LogP contribution >= 0.6 is 11.8 Å². The zero-order valence-electron chi connectivity index (χ0n) is 16.1. The largest absolute Gasteiger partial charge is 0.368 e. The maximum Gasteiger partial charge on any atom is 0.236 e. The number of carbonyl (C=O) groups excluding carboxylic acids is 1. The summed E-state index contributed by atoms with van der Waals surface area (Å²) in [6.07, 6.45) is 2.25. The van der Waals surface area contributed by atoms with Crippen LogP contribution in [0.15, 0.2) is 23.4 Å². The number of rotatable bonds is 5. The van der Waals surface area contributed by atoms with E-state index in [2.05, 4.69) is 52.5 Å². The molecule has 1 aliphatic carbocycles. The summed E-state index contributed by atoms with van der Waals surface area (Å²) < 4.78 is 1.87. The molecule has 1 unspecified atom stereocenters. The first-order valence-corrected chi connectivity index (χ1v) is 10.5. The fourth-order valence-electron chi connectivity index (χ4n) is 3.52. The Kier molecular flexibility index (Phi) is 5.08. The van der Waals surface area contributed by atoms with Gasteiger partial charge in [-0.1, -0.05) is 23.9 Å². The fraction of sp³-hybridized carbons (Fsp3) is 0.579. The molecule has 0 bridgehead atoms. The standard InChI is InChI=1S/C19H26N6OS/c1-13-5-4-6-17(14(13)2)23-9-11-24(12-10-23)18(26)15(3)27-19-20-21-22-25(19)16-7-8-16/h4-6,15-16H,7-12H2,1-3H3. The Bertz CT molecular complexity index is 825. The Hall–Kier alpha value is -2.09. The molecule has 2 aromatic rings. The average molecular weight is 387 g/mol. The predicted octanol–water partition coefficient (Wildman–Crippen LogP) is 2.45. The topological polar surface area (TPSA) is 67.2 Å². The van der Waals surface area contributed by atoms with Crippen LogP contribution in [0.5, 0.6) is 0 Å². The van der Waals surface area contributed by atoms with Crippen LogP contribution in [0.25, 0.3) is 0 Å². The lowest BCUT2D eigenvalue weighted by molar-refractivity contribution is -0.130. The second kappa shape index (κ2) is 7.50. The molecular formula is C19H26N6OS. The van der Waals surface area contributed by atoms with Crippen molar-refractivity contribution in [1.82, 2.24) is 25.1 Å². The number of tetrazole rings is 1. The van der Waals surface area contributed by atoms with E-state index >= 15 is 0 Å². The van der Waals surface area contributed by atoms with Gasteiger partial charge in [-0.05, 0) is 61.2 Å². The quantitative estimate of drug-likeness (QED) is 0.736. The smallest absolute Gasteiger partial charge is 0.236 e. The van der Waals surface area contributed by atoms with Gasteiger partial charge in [0.05, 0.1) is 11.3 Å². The summed E-state index contributed by atoms with van der Waals surface area (Å²) in [5.74, 6) is 0.172. The van der Waals surface area contributed by atoms with Gasteiger partial charge in [0.2, 0.25) is 11.1 Å². The van der Waals surface area contributed by atoms with Crippen molar-refractivity contribution < 1.29 is 4.79 Å². The first kappa shape index (κ1) is 18.3. The molecule has 1 saturated heterocycles. The Morgan fingerprint density at radius 2 is 1.93 bits per heavy atom. The lowest BCUT2D eigenvalue weighted by atomic mass is 10.1. The highest BCUT2D eigenvalue weighted by atomic mass is 32.2. The highest BCUT2D eigenvalue weighted by molar-refractivity contribution is 8.00. The summed E-state index contributed by atoms with van der Waals surface area (Å²) in [6, 6.07) is 6.85. The van der Waals surface area contributed by atoms with Crippen molar-refractivity contribution in [3.05, 3.63) is 29.3 Å². The zero-order chi connectivity index (χ0) is 19.0. The molecular weight excluding hydrogens is 360 g/mol. The maximum atomic E-state index is 12.9. The van der Waals surface area contributed by atoms with Crippen LogP contribution in [0.2, 0.25) is 0 Å². The van der Waals surface area contributed by atoms with Crippen LogP contribution in [0.4, 0.5) is 5.69 Å². The summed E-state index contributed by atoms with van der Waals surface area (Å²) in [7, 11) is 0. The van der Waals surface area contributed by atoms with Crippen molar-refractivity contribution in [3.63, 3.8) is 0 Å². The van der Waals surface area contributed by atoms with E-state index in [4.69, 9.17) is 0 Å². The molecule has 2 fully saturated rings.